The summed E-state index contributed by atoms with van der Waals surface area (Å²) in [6.07, 6.45) is 1.64. The van der Waals surface area contributed by atoms with Gasteiger partial charge in [0.05, 0.1) is 17.4 Å². The number of anilines is 3. The number of alkyl halides is 2. The minimum atomic E-state index is -3.02. The van der Waals surface area contributed by atoms with Crippen molar-refractivity contribution in [1.29, 1.82) is 0 Å². The lowest BCUT2D eigenvalue weighted by Gasteiger charge is -2.31. The van der Waals surface area contributed by atoms with Gasteiger partial charge in [-0.25, -0.2) is 9.97 Å². The fourth-order valence-electron chi connectivity index (χ4n) is 3.97. The van der Waals surface area contributed by atoms with Crippen molar-refractivity contribution in [3.63, 3.8) is 0 Å². The van der Waals surface area contributed by atoms with Crippen LogP contribution in [0.2, 0.25) is 5.15 Å². The lowest BCUT2D eigenvalue weighted by atomic mass is 10.1. The average molecular weight is 519 g/mol. The van der Waals surface area contributed by atoms with Gasteiger partial charge in [-0.3, -0.25) is 4.79 Å². The van der Waals surface area contributed by atoms with Gasteiger partial charge in [-0.05, 0) is 50.8 Å². The maximum atomic E-state index is 13.4. The predicted octanol–water partition coefficient (Wildman–Crippen LogP) is 4.05. The van der Waals surface area contributed by atoms with Crippen LogP contribution in [0.15, 0.2) is 47.4 Å². The Kier molecular flexibility index (Phi) is 7.39. The van der Waals surface area contributed by atoms with Gasteiger partial charge < -0.3 is 29.4 Å². The zero-order chi connectivity index (χ0) is 26.0. The number of hydrogen-bond acceptors (Lipinski definition) is 7. The molecule has 0 unspecified atom stereocenters. The van der Waals surface area contributed by atoms with Crippen LogP contribution in [0.1, 0.15) is 30.1 Å². The maximum absolute atomic E-state index is 13.4. The summed E-state index contributed by atoms with van der Waals surface area (Å²) < 4.78 is 31.1. The second-order valence-electron chi connectivity index (χ2n) is 8.49. The minimum Gasteiger partial charge on any atom is -0.530 e. The second-order valence-corrected chi connectivity index (χ2v) is 8.88. The van der Waals surface area contributed by atoms with E-state index in [0.717, 1.165) is 17.7 Å². The molecule has 2 aromatic heterocycles. The Bertz CT molecular complexity index is 1320. The van der Waals surface area contributed by atoms with Crippen LogP contribution in [0.5, 0.6) is 5.88 Å². The van der Waals surface area contributed by atoms with E-state index in [2.05, 4.69) is 20.0 Å². The topological polar surface area (TPSA) is 112 Å². The molecule has 0 radical (unpaired) electrons. The molecule has 2 heterocycles. The molecular weight excluding hydrogens is 496 g/mol. The number of benzene rings is 1. The van der Waals surface area contributed by atoms with E-state index in [1.807, 2.05) is 0 Å². The highest BCUT2D eigenvalue weighted by atomic mass is 35.5. The van der Waals surface area contributed by atoms with Crippen molar-refractivity contribution in [3.8, 4) is 5.88 Å². The van der Waals surface area contributed by atoms with Crippen molar-refractivity contribution in [1.82, 2.24) is 14.5 Å². The fourth-order valence-corrected chi connectivity index (χ4v) is 4.16. The lowest BCUT2D eigenvalue weighted by molar-refractivity contribution is -0.246. The van der Waals surface area contributed by atoms with Crippen molar-refractivity contribution in [2.24, 2.45) is 5.92 Å². The van der Waals surface area contributed by atoms with Gasteiger partial charge in [-0.15, -0.1) is 0 Å². The van der Waals surface area contributed by atoms with Gasteiger partial charge in [0.25, 0.3) is 5.56 Å². The summed E-state index contributed by atoms with van der Waals surface area (Å²) in [6, 6.07) is 9.49. The van der Waals surface area contributed by atoms with Crippen LogP contribution < -0.4 is 25.6 Å². The van der Waals surface area contributed by atoms with Crippen LogP contribution >= 0.6 is 11.6 Å². The molecule has 0 bridgehead atoms. The van der Waals surface area contributed by atoms with Crippen LogP contribution in [-0.2, 0) is 0 Å². The van der Waals surface area contributed by atoms with E-state index in [9.17, 15) is 23.5 Å². The summed E-state index contributed by atoms with van der Waals surface area (Å²) in [5.41, 5.74) is 0.894. The van der Waals surface area contributed by atoms with Gasteiger partial charge in [-0.2, -0.15) is 8.78 Å². The highest BCUT2D eigenvalue weighted by Crippen LogP contribution is 2.40. The third kappa shape index (κ3) is 5.73. The number of aromatic nitrogens is 3. The second kappa shape index (κ2) is 10.5. The van der Waals surface area contributed by atoms with Crippen molar-refractivity contribution in [3.05, 3.63) is 69.4 Å². The Morgan fingerprint density at radius 2 is 1.97 bits per heavy atom. The third-order valence-corrected chi connectivity index (χ3v) is 6.08. The number of nitrogens with one attached hydrogen (secondary N) is 1. The van der Waals surface area contributed by atoms with E-state index in [4.69, 9.17) is 11.6 Å². The third-order valence-electron chi connectivity index (χ3n) is 5.89. The van der Waals surface area contributed by atoms with E-state index in [0.29, 0.717) is 22.6 Å². The van der Waals surface area contributed by atoms with Crippen molar-refractivity contribution >= 4 is 34.9 Å². The fraction of sp³-hybridized carbons (Fsp3) is 0.333. The van der Waals surface area contributed by atoms with Crippen LogP contribution in [-0.4, -0.2) is 33.8 Å². The number of hydrogen-bond donors (Lipinski definition) is 1. The standard InChI is InChI=1S/C24H24ClF2N5O4/c1-13-10-17(14(2)28-21(13)36-23(26)27)29-20-22(33)32(12-19(25)30-20)18(15-8-9-15)11-31(24(34)35)16-6-4-3-5-7-16/h3-7,10,12,15,18,23H,8-9,11H2,1-2H3,(H,29,30)(H,34,35)/p-1/t18-/m1/s1. The average Bonchev–Trinajstić information content (AvgIpc) is 3.65. The zero-order valence-electron chi connectivity index (χ0n) is 19.5. The monoisotopic (exact) mass is 518 g/mol. The number of carbonyl (C=O) groups excluding carboxylic acids is 1. The van der Waals surface area contributed by atoms with E-state index in [1.54, 1.807) is 44.2 Å². The molecule has 0 spiro atoms. The maximum Gasteiger partial charge on any atom is 0.388 e. The molecule has 1 aromatic carbocycles. The minimum absolute atomic E-state index is 0.0162. The number of para-hydroxylation sites is 1. The summed E-state index contributed by atoms with van der Waals surface area (Å²) in [5, 5.41) is 14.9. The molecule has 1 aliphatic rings. The van der Waals surface area contributed by atoms with Gasteiger partial charge in [0.15, 0.2) is 5.82 Å². The summed E-state index contributed by atoms with van der Waals surface area (Å²) in [4.78, 5) is 34.6. The molecule has 36 heavy (non-hydrogen) atoms. The summed E-state index contributed by atoms with van der Waals surface area (Å²) >= 11 is 6.25. The molecule has 1 fully saturated rings. The SMILES string of the molecule is Cc1cc(Nc2nc(Cl)cn([C@H](CN(C(=O)[O-])c3ccccc3)C3CC3)c2=O)c(C)nc1OC(F)F. The summed E-state index contributed by atoms with van der Waals surface area (Å²) in [7, 11) is 0. The Balaban J connectivity index is 1.68. The highest BCUT2D eigenvalue weighted by Gasteiger charge is 2.35. The molecule has 1 saturated carbocycles. The summed E-state index contributed by atoms with van der Waals surface area (Å²) in [5.74, 6) is -0.266. The molecule has 1 N–H and O–H groups in total. The molecule has 12 heteroatoms. The molecule has 1 amide bonds. The van der Waals surface area contributed by atoms with Crippen molar-refractivity contribution < 1.29 is 23.4 Å². The van der Waals surface area contributed by atoms with Gasteiger partial charge >= 0.3 is 6.61 Å². The molecule has 9 nitrogen and oxygen atoms in total. The van der Waals surface area contributed by atoms with E-state index in [-0.39, 0.29) is 29.3 Å². The number of aryl methyl sites for hydroxylation is 2. The molecule has 0 saturated heterocycles. The number of carboxylic acid groups (broad SMARTS) is 1. The Labute approximate surface area is 210 Å². The summed E-state index contributed by atoms with van der Waals surface area (Å²) in [6.45, 7) is 0.0661. The largest absolute Gasteiger partial charge is 0.530 e. The first kappa shape index (κ1) is 25.4. The van der Waals surface area contributed by atoms with Crippen LogP contribution in [0.4, 0.5) is 30.8 Å². The van der Waals surface area contributed by atoms with Crippen LogP contribution in [0.25, 0.3) is 0 Å². The highest BCUT2D eigenvalue weighted by molar-refractivity contribution is 6.29. The van der Waals surface area contributed by atoms with Crippen LogP contribution in [0, 0.1) is 19.8 Å². The van der Waals surface area contributed by atoms with E-state index in [1.165, 1.54) is 16.8 Å². The van der Waals surface area contributed by atoms with Gasteiger partial charge in [0, 0.05) is 24.0 Å². The van der Waals surface area contributed by atoms with Gasteiger partial charge in [0.1, 0.15) is 11.2 Å². The predicted molar refractivity (Wildman–Crippen MR) is 128 cm³/mol. The first-order chi connectivity index (χ1) is 17.1. The van der Waals surface area contributed by atoms with Crippen molar-refractivity contribution in [2.45, 2.75) is 39.3 Å². The first-order valence-corrected chi connectivity index (χ1v) is 11.5. The Hall–Kier alpha value is -3.73. The van der Waals surface area contributed by atoms with Crippen molar-refractivity contribution in [2.75, 3.05) is 16.8 Å². The molecule has 0 aliphatic heterocycles. The Morgan fingerprint density at radius 1 is 1.28 bits per heavy atom. The molecule has 1 atom stereocenters. The molecular formula is C24H23ClF2N5O4-. The number of pyridine rings is 1. The smallest absolute Gasteiger partial charge is 0.388 e. The number of rotatable bonds is 9. The quantitative estimate of drug-likeness (QED) is 0.454. The number of carbonyl (C=O) groups is 1. The number of amides is 1. The Morgan fingerprint density at radius 3 is 2.58 bits per heavy atom. The molecule has 1 aliphatic carbocycles. The number of nitrogens with zero attached hydrogens (tertiary/aromatic N) is 4. The lowest BCUT2D eigenvalue weighted by Crippen LogP contribution is -2.46. The zero-order valence-corrected chi connectivity index (χ0v) is 20.2. The first-order valence-electron chi connectivity index (χ1n) is 11.2. The molecule has 4 rings (SSSR count). The normalized spacial score (nSPS) is 13.9. The number of halogens is 3. The van der Waals surface area contributed by atoms with E-state index < -0.39 is 24.3 Å². The van der Waals surface area contributed by atoms with Gasteiger partial charge in [-0.1, -0.05) is 29.8 Å². The van der Waals surface area contributed by atoms with Crippen LogP contribution in [0.3, 0.4) is 0 Å². The molecule has 3 aromatic rings. The van der Waals surface area contributed by atoms with E-state index >= 15 is 0 Å². The van der Waals surface area contributed by atoms with Gasteiger partial charge in [0.2, 0.25) is 5.88 Å². The number of ether oxygens (including phenoxy) is 1. The molecule has 190 valence electrons.